The Balaban J connectivity index is 1.85. The molecule has 0 bridgehead atoms. The number of esters is 1. The summed E-state index contributed by atoms with van der Waals surface area (Å²) in [7, 11) is -3.68. The van der Waals surface area contributed by atoms with Crippen molar-refractivity contribution in [1.29, 1.82) is 0 Å². The Bertz CT molecular complexity index is 784. The predicted octanol–water partition coefficient (Wildman–Crippen LogP) is 4.09. The number of ether oxygens (including phenoxy) is 1. The van der Waals surface area contributed by atoms with Crippen LogP contribution in [0, 0.1) is 0 Å². The van der Waals surface area contributed by atoms with Gasteiger partial charge in [0.15, 0.2) is 11.5 Å². The SMILES string of the molecule is CC(C)[Si]1(C(C)C)OCc2cccc(OC(=O)c3ccccc3)c2O[SiH2]O1. The molecule has 2 aromatic carbocycles. The Morgan fingerprint density at radius 2 is 1.74 bits per heavy atom. The van der Waals surface area contributed by atoms with E-state index < -0.39 is 24.5 Å². The molecule has 0 atom stereocenters. The van der Waals surface area contributed by atoms with Gasteiger partial charge < -0.3 is 17.7 Å². The van der Waals surface area contributed by atoms with E-state index in [2.05, 4.69) is 27.7 Å². The maximum absolute atomic E-state index is 12.4. The average molecular weight is 403 g/mol. The van der Waals surface area contributed by atoms with Crippen LogP contribution < -0.4 is 9.16 Å². The minimum absolute atomic E-state index is 0.328. The molecule has 3 rings (SSSR count). The van der Waals surface area contributed by atoms with Gasteiger partial charge in [0, 0.05) is 5.56 Å². The van der Waals surface area contributed by atoms with Crippen LogP contribution in [0.4, 0.5) is 0 Å². The van der Waals surface area contributed by atoms with Gasteiger partial charge in [0.2, 0.25) is 0 Å². The first-order valence-electron chi connectivity index (χ1n) is 9.24. The second kappa shape index (κ2) is 8.39. The molecule has 0 saturated carbocycles. The van der Waals surface area contributed by atoms with Gasteiger partial charge in [-0.3, -0.25) is 0 Å². The molecule has 1 heterocycles. The Morgan fingerprint density at radius 3 is 2.41 bits per heavy atom. The monoisotopic (exact) mass is 402 g/mol. The summed E-state index contributed by atoms with van der Waals surface area (Å²) in [6.07, 6.45) is 0. The molecule has 1 aliphatic heterocycles. The topological polar surface area (TPSA) is 54.0 Å². The van der Waals surface area contributed by atoms with Crippen LogP contribution in [0.25, 0.3) is 0 Å². The van der Waals surface area contributed by atoms with Crippen molar-refractivity contribution in [1.82, 2.24) is 0 Å². The number of hydrogen-bond donors (Lipinski definition) is 0. The molecule has 0 aromatic heterocycles. The van der Waals surface area contributed by atoms with Crippen LogP contribution in [0.1, 0.15) is 43.6 Å². The van der Waals surface area contributed by atoms with E-state index in [1.54, 1.807) is 30.3 Å². The lowest BCUT2D eigenvalue weighted by molar-refractivity contribution is 0.0729. The second-order valence-electron chi connectivity index (χ2n) is 7.23. The van der Waals surface area contributed by atoms with Gasteiger partial charge in [-0.15, -0.1) is 0 Å². The summed E-state index contributed by atoms with van der Waals surface area (Å²) in [6.45, 7) is 9.01. The van der Waals surface area contributed by atoms with E-state index in [-0.39, 0.29) is 0 Å². The van der Waals surface area contributed by atoms with Gasteiger partial charge in [-0.25, -0.2) is 4.79 Å². The summed E-state index contributed by atoms with van der Waals surface area (Å²) in [6, 6.07) is 14.5. The van der Waals surface area contributed by atoms with E-state index in [1.807, 2.05) is 18.2 Å². The number of carbonyl (C=O) groups is 1. The molecule has 7 heteroatoms. The minimum atomic E-state index is -2.36. The number of hydrogen-bond acceptors (Lipinski definition) is 5. The standard InChI is InChI=1S/C20H26O5Si2/c1-14(2)27(15(3)4)22-13-17-11-8-12-18(19(17)24-26-25-27)23-20(21)16-9-6-5-7-10-16/h5-12,14-15H,13,26H2,1-4H3. The molecule has 0 amide bonds. The van der Waals surface area contributed by atoms with E-state index in [0.29, 0.717) is 34.8 Å². The zero-order valence-corrected chi connectivity index (χ0v) is 18.6. The zero-order chi connectivity index (χ0) is 19.4. The molecule has 5 nitrogen and oxygen atoms in total. The van der Waals surface area contributed by atoms with Crippen molar-refractivity contribution in [3.05, 3.63) is 59.7 Å². The highest BCUT2D eigenvalue weighted by atomic mass is 28.4. The maximum atomic E-state index is 12.4. The molecular formula is C20H26O5Si2. The van der Waals surface area contributed by atoms with Gasteiger partial charge in [-0.2, -0.15) is 0 Å². The predicted molar refractivity (Wildman–Crippen MR) is 109 cm³/mol. The van der Waals surface area contributed by atoms with E-state index >= 15 is 0 Å². The molecule has 1 aliphatic rings. The quantitative estimate of drug-likeness (QED) is 0.438. The van der Waals surface area contributed by atoms with Crippen molar-refractivity contribution in [3.63, 3.8) is 0 Å². The van der Waals surface area contributed by atoms with Gasteiger partial charge in [0.25, 0.3) is 0 Å². The molecule has 0 unspecified atom stereocenters. The Morgan fingerprint density at radius 1 is 1.04 bits per heavy atom. The molecule has 144 valence electrons. The van der Waals surface area contributed by atoms with Crippen LogP contribution in [0.2, 0.25) is 11.1 Å². The van der Waals surface area contributed by atoms with Crippen LogP contribution in [0.5, 0.6) is 11.5 Å². The molecular weight excluding hydrogens is 376 g/mol. The molecule has 0 spiro atoms. The molecule has 27 heavy (non-hydrogen) atoms. The lowest BCUT2D eigenvalue weighted by atomic mass is 10.2. The number of rotatable bonds is 4. The number of benzene rings is 2. The third kappa shape index (κ3) is 4.16. The molecule has 0 aliphatic carbocycles. The first-order chi connectivity index (χ1) is 12.9. The summed E-state index contributed by atoms with van der Waals surface area (Å²) in [4.78, 5) is 12.4. The Labute approximate surface area is 163 Å². The van der Waals surface area contributed by atoms with Crippen molar-refractivity contribution in [2.75, 3.05) is 0 Å². The fraction of sp³-hybridized carbons (Fsp3) is 0.350. The van der Waals surface area contributed by atoms with Gasteiger partial charge in [-0.05, 0) is 29.3 Å². The van der Waals surface area contributed by atoms with Crippen molar-refractivity contribution in [3.8, 4) is 11.5 Å². The fourth-order valence-corrected chi connectivity index (χ4v) is 10.2. The maximum Gasteiger partial charge on any atom is 0.357 e. The van der Waals surface area contributed by atoms with E-state index in [9.17, 15) is 4.79 Å². The number of fused-ring (bicyclic) bond motifs is 1. The van der Waals surface area contributed by atoms with Crippen molar-refractivity contribution < 1.29 is 22.5 Å². The zero-order valence-electron chi connectivity index (χ0n) is 16.2. The van der Waals surface area contributed by atoms with Gasteiger partial charge in [-0.1, -0.05) is 58.0 Å². The summed E-state index contributed by atoms with van der Waals surface area (Å²) in [5.41, 5.74) is 2.04. The van der Waals surface area contributed by atoms with Crippen LogP contribution in [-0.2, 0) is 15.1 Å². The van der Waals surface area contributed by atoms with Crippen LogP contribution >= 0.6 is 0 Å². The lowest BCUT2D eigenvalue weighted by Gasteiger charge is -2.39. The minimum Gasteiger partial charge on any atom is -0.522 e. The smallest absolute Gasteiger partial charge is 0.357 e. The van der Waals surface area contributed by atoms with E-state index in [0.717, 1.165) is 5.56 Å². The molecule has 0 saturated heterocycles. The van der Waals surface area contributed by atoms with E-state index in [4.69, 9.17) is 17.7 Å². The molecule has 0 radical (unpaired) electrons. The van der Waals surface area contributed by atoms with Crippen molar-refractivity contribution >= 4 is 24.5 Å². The van der Waals surface area contributed by atoms with Gasteiger partial charge in [0.05, 0.1) is 12.2 Å². The summed E-state index contributed by atoms with van der Waals surface area (Å²) < 4.78 is 24.3. The lowest BCUT2D eigenvalue weighted by Crippen LogP contribution is -2.50. The summed E-state index contributed by atoms with van der Waals surface area (Å²) in [5.74, 6) is 0.555. The second-order valence-corrected chi connectivity index (χ2v) is 12.9. The van der Waals surface area contributed by atoms with Crippen molar-refractivity contribution in [2.24, 2.45) is 0 Å². The fourth-order valence-electron chi connectivity index (χ4n) is 3.40. The largest absolute Gasteiger partial charge is 0.522 e. The third-order valence-corrected chi connectivity index (χ3v) is 11.3. The highest BCUT2D eigenvalue weighted by Crippen LogP contribution is 2.39. The molecule has 2 aromatic rings. The highest BCUT2D eigenvalue weighted by molar-refractivity contribution is 6.73. The Hall–Kier alpha value is -1.94. The van der Waals surface area contributed by atoms with Crippen LogP contribution in [0.3, 0.4) is 0 Å². The van der Waals surface area contributed by atoms with Gasteiger partial charge >= 0.3 is 24.5 Å². The number of carbonyl (C=O) groups excluding carboxylic acids is 1. The summed E-state index contributed by atoms with van der Waals surface area (Å²) in [5, 5.41) is 0. The molecule has 0 fully saturated rings. The van der Waals surface area contributed by atoms with Crippen LogP contribution in [0.15, 0.2) is 48.5 Å². The number of para-hydroxylation sites is 1. The third-order valence-electron chi connectivity index (χ3n) is 4.82. The Kier molecular flexibility index (Phi) is 6.16. The first kappa shape index (κ1) is 19.8. The first-order valence-corrected chi connectivity index (χ1v) is 12.4. The van der Waals surface area contributed by atoms with E-state index in [1.165, 1.54) is 0 Å². The average Bonchev–Trinajstić information content (AvgIpc) is 2.63. The highest BCUT2D eigenvalue weighted by Gasteiger charge is 2.45. The van der Waals surface area contributed by atoms with Crippen LogP contribution in [-0.4, -0.2) is 24.5 Å². The summed E-state index contributed by atoms with van der Waals surface area (Å²) >= 11 is 0. The normalized spacial score (nSPS) is 17.1. The van der Waals surface area contributed by atoms with Crippen molar-refractivity contribution in [2.45, 2.75) is 45.4 Å². The van der Waals surface area contributed by atoms with Gasteiger partial charge in [0.1, 0.15) is 0 Å². The molecule has 0 N–H and O–H groups in total.